The first-order chi connectivity index (χ1) is 45.3. The Hall–Kier alpha value is -9.28. The number of carbonyl (C=O) groups excluding carboxylic acids is 1. The minimum atomic E-state index is -1.46. The third-order valence-electron chi connectivity index (χ3n) is 16.3. The van der Waals surface area contributed by atoms with Gasteiger partial charge in [0.15, 0.2) is 6.10 Å². The Morgan fingerprint density at radius 2 is 0.904 bits per heavy atom. The van der Waals surface area contributed by atoms with Crippen molar-refractivity contribution in [1.82, 2.24) is 0 Å². The summed E-state index contributed by atoms with van der Waals surface area (Å²) in [6.07, 6.45) is 1.74. The number of carbonyl (C=O) groups is 1. The van der Waals surface area contributed by atoms with Crippen LogP contribution in [0.25, 0.3) is 76.5 Å². The quantitative estimate of drug-likeness (QED) is 0.102. The van der Waals surface area contributed by atoms with E-state index in [1.54, 1.807) is 6.07 Å². The monoisotopic (exact) mass is 1270 g/mol. The van der Waals surface area contributed by atoms with Gasteiger partial charge in [-0.1, -0.05) is 308 Å². The maximum Gasteiger partial charge on any atom is 1.00 e. The fraction of sp³-hybridized carbons (Fsp3) is 0.0698. The van der Waals surface area contributed by atoms with Crippen LogP contribution in [0.5, 0.6) is 0 Å². The van der Waals surface area contributed by atoms with Gasteiger partial charge in [0.1, 0.15) is 17.6 Å². The molecule has 1 aromatic heterocycles. The Kier molecular flexibility index (Phi) is 23.4. The van der Waals surface area contributed by atoms with Gasteiger partial charge in [0.05, 0.1) is 5.56 Å². The summed E-state index contributed by atoms with van der Waals surface area (Å²) in [5, 5.41) is 23.7. The summed E-state index contributed by atoms with van der Waals surface area (Å²) in [6, 6.07) is 115. The van der Waals surface area contributed by atoms with Crippen molar-refractivity contribution in [2.24, 2.45) is 0 Å². The van der Waals surface area contributed by atoms with E-state index >= 15 is 0 Å². The van der Waals surface area contributed by atoms with E-state index in [0.717, 1.165) is 88.5 Å². The summed E-state index contributed by atoms with van der Waals surface area (Å²) >= 11 is 3.43. The van der Waals surface area contributed by atoms with Gasteiger partial charge < -0.3 is 25.9 Å². The van der Waals surface area contributed by atoms with Crippen LogP contribution in [0.1, 0.15) is 77.1 Å². The molecule has 94 heavy (non-hydrogen) atoms. The zero-order valence-electron chi connectivity index (χ0n) is 54.0. The smallest absolute Gasteiger partial charge is 0.455 e. The fourth-order valence-electron chi connectivity index (χ4n) is 11.5. The van der Waals surface area contributed by atoms with Crippen LogP contribution >= 0.6 is 15.9 Å². The molecule has 3 unspecified atom stereocenters. The molecule has 2 aliphatic heterocycles. The fourth-order valence-corrected chi connectivity index (χ4v) is 11.9. The molecule has 0 fully saturated rings. The Bertz CT molecular complexity index is 4880. The molecule has 0 saturated carbocycles. The molecule has 0 bridgehead atoms. The van der Waals surface area contributed by atoms with Gasteiger partial charge in [0.2, 0.25) is 5.79 Å². The van der Waals surface area contributed by atoms with Gasteiger partial charge in [0, 0.05) is 43.1 Å². The summed E-state index contributed by atoms with van der Waals surface area (Å²) in [5.41, 5.74) is 8.47. The summed E-state index contributed by atoms with van der Waals surface area (Å²) in [5.74, 6) is 0.172. The molecule has 0 saturated heterocycles. The molecule has 8 heteroatoms. The molecule has 0 radical (unpaired) electrons. The van der Waals surface area contributed by atoms with Gasteiger partial charge in [0.25, 0.3) is 0 Å². The zero-order chi connectivity index (χ0) is 63.1. The van der Waals surface area contributed by atoms with Crippen LogP contribution in [0.3, 0.4) is 0 Å². The predicted octanol–water partition coefficient (Wildman–Crippen LogP) is 17.0. The van der Waals surface area contributed by atoms with E-state index < -0.39 is 5.79 Å². The average Bonchev–Trinajstić information content (AvgIpc) is 1.60. The van der Waals surface area contributed by atoms with E-state index in [1.807, 2.05) is 176 Å². The molecular weight excluding hydrogens is 1210 g/mol. The molecule has 0 spiro atoms. The average molecular weight is 1280 g/mol. The number of fused-ring (bicyclic) bond motifs is 7. The Morgan fingerprint density at radius 1 is 0.457 bits per heavy atom. The standard InChI is InChI=1S/C24H18O2.C24H16O.C14H10O2.C10H7Br.C10H7.C4H9.2Li/c25-24(20-15-14-17-8-4-5-11-19(17)16-20)22-13-7-6-12-21(22)23(26-24)18-9-2-1-3-10-18;1-2-9-18(10-3-1)23-21-12-6-7-13-22(21)24(25-23)20-15-14-17-8-4-5-11-19(17)16-20;15-14-12-9-5-4-8-11(12)13(16-14)10-6-2-1-3-7-10;11-10-6-5-8-3-1-2-4-9(8)7-10;1-2-6-10-8-4-3-7-9(10)5-1;1-3-4-2;;/h1-16,23,25H;1-16H;1-9,13H;1-7H;1-3,5-8H;1,3-4H2,2H3;;/q;;;;2*-1;2*+1/p+1. The molecule has 3 atom stereocenters. The normalized spacial score (nSPS) is 14.6. The molecule has 14 aromatic carbocycles. The van der Waals surface area contributed by atoms with E-state index in [9.17, 15) is 9.90 Å². The first-order valence-corrected chi connectivity index (χ1v) is 31.8. The van der Waals surface area contributed by atoms with Crippen molar-refractivity contribution in [3.05, 3.63) is 390 Å². The number of aliphatic hydroxyl groups is 1. The van der Waals surface area contributed by atoms with Crippen LogP contribution in [0.2, 0.25) is 0 Å². The number of hydrogen-bond donors (Lipinski definition) is 1. The Balaban J connectivity index is 0.000000142. The molecule has 3 heterocycles. The van der Waals surface area contributed by atoms with Crippen molar-refractivity contribution in [3.8, 4) is 22.6 Å². The third-order valence-corrected chi connectivity index (χ3v) is 16.8. The molecule has 1 N–H and O–H groups in total. The number of esters is 1. The number of rotatable bonds is 6. The molecule has 0 aliphatic carbocycles. The first-order valence-electron chi connectivity index (χ1n) is 31.0. The largest absolute Gasteiger partial charge is 1.00 e. The number of halogens is 1. The predicted molar refractivity (Wildman–Crippen MR) is 383 cm³/mol. The maximum absolute atomic E-state index is 11.6. The van der Waals surface area contributed by atoms with E-state index in [1.165, 1.54) is 38.7 Å². The van der Waals surface area contributed by atoms with Crippen LogP contribution in [-0.4, -0.2) is 11.1 Å². The maximum atomic E-state index is 11.6. The number of furan rings is 1. The number of unbranched alkanes of at least 4 members (excludes halogenated alkanes) is 1. The minimum Gasteiger partial charge on any atom is -0.455 e. The minimum absolute atomic E-state index is 0. The summed E-state index contributed by atoms with van der Waals surface area (Å²) < 4.78 is 19.2. The molecule has 17 rings (SSSR count). The first kappa shape index (κ1) is 67.6. The zero-order valence-corrected chi connectivity index (χ0v) is 54.6. The van der Waals surface area contributed by atoms with Gasteiger partial charge in [-0.05, 0) is 79.3 Å². The van der Waals surface area contributed by atoms with Crippen LogP contribution in [0.15, 0.2) is 343 Å². The molecule has 450 valence electrons. The summed E-state index contributed by atoms with van der Waals surface area (Å²) in [7, 11) is 0. The molecule has 15 aromatic rings. The summed E-state index contributed by atoms with van der Waals surface area (Å²) in [4.78, 5) is 11.6. The van der Waals surface area contributed by atoms with E-state index in [4.69, 9.17) is 13.9 Å². The molecular formula is C86H68BrLi2O5+. The van der Waals surface area contributed by atoms with Gasteiger partial charge in [-0.25, -0.2) is 4.79 Å². The number of ether oxygens (including phenoxy) is 2. The van der Waals surface area contributed by atoms with Crippen molar-refractivity contribution in [1.29, 1.82) is 0 Å². The number of cyclic esters (lactones) is 1. The Labute approximate surface area is 584 Å². The number of benzene rings is 14. The second-order valence-electron chi connectivity index (χ2n) is 22.3. The van der Waals surface area contributed by atoms with Gasteiger partial charge in [-0.15, -0.1) is 16.8 Å². The van der Waals surface area contributed by atoms with Crippen molar-refractivity contribution in [2.75, 3.05) is 0 Å². The van der Waals surface area contributed by atoms with Crippen LogP contribution in [0.4, 0.5) is 0 Å². The van der Waals surface area contributed by atoms with E-state index in [-0.39, 0.29) is 57.3 Å². The van der Waals surface area contributed by atoms with Crippen molar-refractivity contribution in [3.63, 3.8) is 0 Å². The van der Waals surface area contributed by atoms with Crippen LogP contribution in [-0.2, 0) is 15.3 Å². The SMILES string of the molecule is Brc1ccc2ccccc2c1.O=C1OC(c2ccccc2)c2ccccc21.OC1(c2ccc3ccccc3c2)OC(c2ccccc2)c2ccccc21.[CH2-]CCC.[H+].[Li+].[Li+].[c-]1ccc2ccccc2c1.c1ccc(-c2oc(-c3ccc4ccccc4c3)c3ccccc23)cc1. The summed E-state index contributed by atoms with van der Waals surface area (Å²) in [6.45, 7) is 5.72. The molecule has 2 aliphatic rings. The molecule has 5 nitrogen and oxygen atoms in total. The Morgan fingerprint density at radius 3 is 1.50 bits per heavy atom. The van der Waals surface area contributed by atoms with E-state index in [2.05, 4.69) is 188 Å². The number of hydrogen-bond acceptors (Lipinski definition) is 5. The van der Waals surface area contributed by atoms with Crippen molar-refractivity contribution >= 4 is 75.8 Å². The second kappa shape index (κ2) is 32.5. The topological polar surface area (TPSA) is 68.9 Å². The van der Waals surface area contributed by atoms with Gasteiger partial charge in [-0.3, -0.25) is 0 Å². The third kappa shape index (κ3) is 15.7. The van der Waals surface area contributed by atoms with Crippen molar-refractivity contribution in [2.45, 2.75) is 37.8 Å². The second-order valence-corrected chi connectivity index (χ2v) is 23.3. The van der Waals surface area contributed by atoms with Gasteiger partial charge >= 0.3 is 45.1 Å². The van der Waals surface area contributed by atoms with Crippen molar-refractivity contribution < 1.29 is 62.9 Å². The van der Waals surface area contributed by atoms with E-state index in [0.29, 0.717) is 5.56 Å². The van der Waals surface area contributed by atoms with Gasteiger partial charge in [-0.2, -0.15) is 30.7 Å². The van der Waals surface area contributed by atoms with Crippen LogP contribution < -0.4 is 37.7 Å². The van der Waals surface area contributed by atoms with Crippen LogP contribution in [0, 0.1) is 13.0 Å². The molecule has 0 amide bonds.